The van der Waals surface area contributed by atoms with Gasteiger partial charge in [-0.2, -0.15) is 16.4 Å². The summed E-state index contributed by atoms with van der Waals surface area (Å²) in [7, 11) is 0. The summed E-state index contributed by atoms with van der Waals surface area (Å²) in [5.41, 5.74) is 2.89. The van der Waals surface area contributed by atoms with Crippen molar-refractivity contribution in [3.05, 3.63) is 53.1 Å². The van der Waals surface area contributed by atoms with E-state index >= 15 is 0 Å². The van der Waals surface area contributed by atoms with Crippen molar-refractivity contribution in [2.45, 2.75) is 19.9 Å². The number of pyridine rings is 1. The van der Waals surface area contributed by atoms with Crippen LogP contribution in [-0.4, -0.2) is 30.6 Å². The molecule has 0 atom stereocenters. The summed E-state index contributed by atoms with van der Waals surface area (Å²) in [4.78, 5) is 25.7. The van der Waals surface area contributed by atoms with Gasteiger partial charge in [-0.05, 0) is 37.4 Å². The normalized spacial score (nSPS) is 11.2. The Morgan fingerprint density at radius 3 is 2.77 bits per heavy atom. The summed E-state index contributed by atoms with van der Waals surface area (Å²) in [5.74, 6) is -0.0285. The Morgan fingerprint density at radius 2 is 2.08 bits per heavy atom. The number of amides is 1. The van der Waals surface area contributed by atoms with E-state index < -0.39 is 0 Å². The molecule has 0 aliphatic heterocycles. The van der Waals surface area contributed by atoms with Gasteiger partial charge in [0.05, 0.1) is 22.8 Å². The third kappa shape index (κ3) is 2.95. The van der Waals surface area contributed by atoms with Crippen LogP contribution in [0.4, 0.5) is 5.95 Å². The molecule has 26 heavy (non-hydrogen) atoms. The average Bonchev–Trinajstić information content (AvgIpc) is 3.31. The molecule has 0 fully saturated rings. The number of hydrogen-bond donors (Lipinski definition) is 1. The number of nitrogens with zero attached hydrogens (tertiary/aromatic N) is 5. The van der Waals surface area contributed by atoms with Crippen LogP contribution in [0.3, 0.4) is 0 Å². The van der Waals surface area contributed by atoms with E-state index in [4.69, 9.17) is 4.98 Å². The zero-order valence-corrected chi connectivity index (χ0v) is 15.1. The third-order valence-electron chi connectivity index (χ3n) is 3.91. The molecule has 4 rings (SSSR count). The van der Waals surface area contributed by atoms with Crippen LogP contribution in [0.1, 0.15) is 30.2 Å². The van der Waals surface area contributed by atoms with Crippen LogP contribution in [0.15, 0.2) is 47.5 Å². The number of fused-ring (bicyclic) bond motifs is 1. The number of nitrogens with one attached hydrogen (secondary N) is 1. The molecule has 0 aromatic carbocycles. The van der Waals surface area contributed by atoms with Crippen molar-refractivity contribution in [1.82, 2.24) is 24.7 Å². The summed E-state index contributed by atoms with van der Waals surface area (Å²) < 4.78 is 1.82. The van der Waals surface area contributed by atoms with E-state index in [1.165, 1.54) is 0 Å². The standard InChI is InChI=1S/C18H16N6OS/c1-11(2)24-16-14(9-21-24)13(8-15(22-16)12-4-7-26-10-12)17(25)23-18-19-5-3-6-20-18/h3-11H,1-2H3,(H,19,20,23,25). The van der Waals surface area contributed by atoms with Crippen molar-refractivity contribution >= 4 is 34.2 Å². The van der Waals surface area contributed by atoms with Gasteiger partial charge in [0, 0.05) is 29.4 Å². The van der Waals surface area contributed by atoms with Gasteiger partial charge in [0.15, 0.2) is 5.65 Å². The predicted octanol–water partition coefficient (Wildman–Crippen LogP) is 3.78. The van der Waals surface area contributed by atoms with Gasteiger partial charge in [-0.3, -0.25) is 10.1 Å². The second-order valence-corrected chi connectivity index (χ2v) is 6.79. The molecule has 1 amide bonds. The van der Waals surface area contributed by atoms with Crippen LogP contribution in [0.25, 0.3) is 22.3 Å². The van der Waals surface area contributed by atoms with Crippen LogP contribution in [0.5, 0.6) is 0 Å². The van der Waals surface area contributed by atoms with E-state index in [9.17, 15) is 4.79 Å². The number of rotatable bonds is 4. The van der Waals surface area contributed by atoms with E-state index in [1.54, 1.807) is 42.1 Å². The molecule has 0 saturated heterocycles. The fourth-order valence-corrected chi connectivity index (χ4v) is 3.32. The summed E-state index contributed by atoms with van der Waals surface area (Å²) in [6, 6.07) is 5.60. The van der Waals surface area contributed by atoms with Crippen LogP contribution in [0, 0.1) is 0 Å². The maximum atomic E-state index is 12.9. The first-order valence-electron chi connectivity index (χ1n) is 8.12. The number of carbonyl (C=O) groups excluding carboxylic acids is 1. The maximum absolute atomic E-state index is 12.9. The summed E-state index contributed by atoms with van der Waals surface area (Å²) in [6.45, 7) is 4.06. The van der Waals surface area contributed by atoms with Gasteiger partial charge in [0.25, 0.3) is 5.91 Å². The number of carbonyl (C=O) groups is 1. The largest absolute Gasteiger partial charge is 0.290 e. The van der Waals surface area contributed by atoms with Crippen LogP contribution >= 0.6 is 11.3 Å². The topological polar surface area (TPSA) is 85.6 Å². The molecular formula is C18H16N6OS. The lowest BCUT2D eigenvalue weighted by Gasteiger charge is -2.10. The van der Waals surface area contributed by atoms with Gasteiger partial charge in [-0.25, -0.2) is 19.6 Å². The van der Waals surface area contributed by atoms with Gasteiger partial charge in [-0.1, -0.05) is 0 Å². The molecule has 0 unspecified atom stereocenters. The highest BCUT2D eigenvalue weighted by Crippen LogP contribution is 2.27. The van der Waals surface area contributed by atoms with Gasteiger partial charge >= 0.3 is 0 Å². The van der Waals surface area contributed by atoms with E-state index in [0.717, 1.165) is 11.3 Å². The highest BCUT2D eigenvalue weighted by atomic mass is 32.1. The molecule has 8 heteroatoms. The second kappa shape index (κ2) is 6.64. The molecule has 130 valence electrons. The first kappa shape index (κ1) is 16.3. The van der Waals surface area contributed by atoms with E-state index in [1.807, 2.05) is 35.4 Å². The minimum absolute atomic E-state index is 0.131. The highest BCUT2D eigenvalue weighted by molar-refractivity contribution is 7.08. The van der Waals surface area contributed by atoms with Gasteiger partial charge in [0.1, 0.15) is 0 Å². The Kier molecular flexibility index (Phi) is 4.18. The van der Waals surface area contributed by atoms with Crippen LogP contribution in [0.2, 0.25) is 0 Å². The molecule has 0 spiro atoms. The average molecular weight is 364 g/mol. The fraction of sp³-hybridized carbons (Fsp3) is 0.167. The number of aromatic nitrogens is 5. The van der Waals surface area contributed by atoms with E-state index in [2.05, 4.69) is 20.4 Å². The van der Waals surface area contributed by atoms with Gasteiger partial charge < -0.3 is 0 Å². The van der Waals surface area contributed by atoms with Crippen LogP contribution < -0.4 is 5.32 Å². The SMILES string of the molecule is CC(C)n1ncc2c(C(=O)Nc3ncccn3)cc(-c3ccsc3)nc21. The molecule has 1 N–H and O–H groups in total. The summed E-state index contributed by atoms with van der Waals surface area (Å²) in [6.07, 6.45) is 4.84. The number of anilines is 1. The molecular weight excluding hydrogens is 348 g/mol. The third-order valence-corrected chi connectivity index (χ3v) is 4.59. The highest BCUT2D eigenvalue weighted by Gasteiger charge is 2.19. The molecule has 7 nitrogen and oxygen atoms in total. The molecule has 0 radical (unpaired) electrons. The summed E-state index contributed by atoms with van der Waals surface area (Å²) in [5, 5.41) is 11.8. The fourth-order valence-electron chi connectivity index (χ4n) is 2.67. The molecule has 4 heterocycles. The Morgan fingerprint density at radius 1 is 1.27 bits per heavy atom. The smallest absolute Gasteiger partial charge is 0.258 e. The summed E-state index contributed by atoms with van der Waals surface area (Å²) >= 11 is 1.59. The minimum Gasteiger partial charge on any atom is -0.290 e. The van der Waals surface area contributed by atoms with E-state index in [0.29, 0.717) is 16.6 Å². The Labute approximate surface area is 153 Å². The molecule has 4 aromatic heterocycles. The quantitative estimate of drug-likeness (QED) is 0.595. The molecule has 0 aliphatic carbocycles. The van der Waals surface area contributed by atoms with E-state index in [-0.39, 0.29) is 17.9 Å². The molecule has 0 bridgehead atoms. The zero-order valence-electron chi connectivity index (χ0n) is 14.2. The Balaban J connectivity index is 1.85. The lowest BCUT2D eigenvalue weighted by Crippen LogP contribution is -2.15. The second-order valence-electron chi connectivity index (χ2n) is 6.01. The van der Waals surface area contributed by atoms with Gasteiger partial charge in [0.2, 0.25) is 5.95 Å². The van der Waals surface area contributed by atoms with Crippen molar-refractivity contribution in [2.24, 2.45) is 0 Å². The van der Waals surface area contributed by atoms with Crippen LogP contribution in [-0.2, 0) is 0 Å². The minimum atomic E-state index is -0.289. The first-order chi connectivity index (χ1) is 12.6. The maximum Gasteiger partial charge on any atom is 0.258 e. The molecule has 4 aromatic rings. The lowest BCUT2D eigenvalue weighted by molar-refractivity contribution is 0.102. The Bertz CT molecular complexity index is 1060. The van der Waals surface area contributed by atoms with Crippen molar-refractivity contribution < 1.29 is 4.79 Å². The van der Waals surface area contributed by atoms with Crippen molar-refractivity contribution in [1.29, 1.82) is 0 Å². The molecule has 0 saturated carbocycles. The Hall–Kier alpha value is -3.13. The first-order valence-corrected chi connectivity index (χ1v) is 9.07. The van der Waals surface area contributed by atoms with Crippen molar-refractivity contribution in [3.63, 3.8) is 0 Å². The zero-order chi connectivity index (χ0) is 18.1. The number of hydrogen-bond acceptors (Lipinski definition) is 6. The van der Waals surface area contributed by atoms with Crippen molar-refractivity contribution in [2.75, 3.05) is 5.32 Å². The van der Waals surface area contributed by atoms with Gasteiger partial charge in [-0.15, -0.1) is 0 Å². The monoisotopic (exact) mass is 364 g/mol. The lowest BCUT2D eigenvalue weighted by atomic mass is 10.1. The number of thiophene rings is 1. The molecule has 0 aliphatic rings. The predicted molar refractivity (Wildman–Crippen MR) is 101 cm³/mol. The van der Waals surface area contributed by atoms with Crippen molar-refractivity contribution in [3.8, 4) is 11.3 Å².